The van der Waals surface area contributed by atoms with Gasteiger partial charge in [0.2, 0.25) is 5.91 Å². The zero-order chi connectivity index (χ0) is 14.1. The first-order valence-electron chi connectivity index (χ1n) is 6.70. The minimum absolute atomic E-state index is 0.0236. The number of hydrogen-bond donors (Lipinski definition) is 2. The standard InChI is InChI=1S/C15H24N2O2/c1-12(9-16-3)15(18)17-13(2)10-19-11-14-7-5-4-6-8-14/h4-8,12-13,16H,9-11H2,1-3H3,(H,17,18). The number of rotatable bonds is 8. The highest BCUT2D eigenvalue weighted by atomic mass is 16.5. The van der Waals surface area contributed by atoms with Crippen LogP contribution in [-0.2, 0) is 16.1 Å². The highest BCUT2D eigenvalue weighted by Crippen LogP contribution is 2.01. The molecule has 0 heterocycles. The highest BCUT2D eigenvalue weighted by Gasteiger charge is 2.14. The van der Waals surface area contributed by atoms with Crippen LogP contribution >= 0.6 is 0 Å². The Bertz CT molecular complexity index is 368. The molecule has 0 aromatic heterocycles. The first-order valence-corrected chi connectivity index (χ1v) is 6.70. The average molecular weight is 264 g/mol. The number of benzene rings is 1. The molecule has 1 rings (SSSR count). The van der Waals surface area contributed by atoms with Crippen molar-refractivity contribution >= 4 is 5.91 Å². The van der Waals surface area contributed by atoms with Crippen LogP contribution in [-0.4, -0.2) is 32.1 Å². The maximum atomic E-state index is 11.8. The second-order valence-corrected chi connectivity index (χ2v) is 4.87. The summed E-state index contributed by atoms with van der Waals surface area (Å²) in [7, 11) is 1.84. The molecule has 4 heteroatoms. The number of amides is 1. The molecule has 0 aliphatic rings. The van der Waals surface area contributed by atoms with Crippen LogP contribution in [0.5, 0.6) is 0 Å². The maximum absolute atomic E-state index is 11.8. The number of nitrogens with one attached hydrogen (secondary N) is 2. The predicted molar refractivity (Wildman–Crippen MR) is 76.8 cm³/mol. The smallest absolute Gasteiger partial charge is 0.224 e. The topological polar surface area (TPSA) is 50.4 Å². The van der Waals surface area contributed by atoms with E-state index in [1.54, 1.807) is 0 Å². The first kappa shape index (κ1) is 15.7. The van der Waals surface area contributed by atoms with Gasteiger partial charge in [0.25, 0.3) is 0 Å². The fourth-order valence-electron chi connectivity index (χ4n) is 1.75. The Morgan fingerprint density at radius 1 is 1.26 bits per heavy atom. The molecule has 0 bridgehead atoms. The summed E-state index contributed by atoms with van der Waals surface area (Å²) in [5, 5.41) is 5.94. The van der Waals surface area contributed by atoms with E-state index in [0.717, 1.165) is 5.56 Å². The van der Waals surface area contributed by atoms with E-state index in [4.69, 9.17) is 4.74 Å². The Labute approximate surface area is 115 Å². The lowest BCUT2D eigenvalue weighted by atomic mass is 10.1. The number of carbonyl (C=O) groups is 1. The summed E-state index contributed by atoms with van der Waals surface area (Å²) in [6.07, 6.45) is 0. The average Bonchev–Trinajstić information content (AvgIpc) is 2.40. The summed E-state index contributed by atoms with van der Waals surface area (Å²) in [5.41, 5.74) is 1.14. The van der Waals surface area contributed by atoms with Crippen molar-refractivity contribution in [1.29, 1.82) is 0 Å². The zero-order valence-electron chi connectivity index (χ0n) is 12.0. The maximum Gasteiger partial charge on any atom is 0.224 e. The number of hydrogen-bond acceptors (Lipinski definition) is 3. The summed E-state index contributed by atoms with van der Waals surface area (Å²) in [6, 6.07) is 10.0. The number of ether oxygens (including phenoxy) is 1. The summed E-state index contributed by atoms with van der Waals surface area (Å²) in [5.74, 6) is 0.0340. The Balaban J connectivity index is 2.21. The first-order chi connectivity index (χ1) is 9.13. The predicted octanol–water partition coefficient (Wildman–Crippen LogP) is 1.56. The van der Waals surface area contributed by atoms with Crippen molar-refractivity contribution in [3.05, 3.63) is 35.9 Å². The zero-order valence-corrected chi connectivity index (χ0v) is 12.0. The van der Waals surface area contributed by atoms with Crippen LogP contribution in [0.4, 0.5) is 0 Å². The van der Waals surface area contributed by atoms with Gasteiger partial charge < -0.3 is 15.4 Å². The fourth-order valence-corrected chi connectivity index (χ4v) is 1.75. The van der Waals surface area contributed by atoms with Crippen LogP contribution in [0.1, 0.15) is 19.4 Å². The normalized spacial score (nSPS) is 13.8. The molecular formula is C15H24N2O2. The van der Waals surface area contributed by atoms with E-state index in [0.29, 0.717) is 19.8 Å². The lowest BCUT2D eigenvalue weighted by Crippen LogP contribution is -2.41. The highest BCUT2D eigenvalue weighted by molar-refractivity contribution is 5.78. The van der Waals surface area contributed by atoms with Gasteiger partial charge in [0, 0.05) is 18.5 Å². The Morgan fingerprint density at radius 3 is 2.58 bits per heavy atom. The van der Waals surface area contributed by atoms with E-state index in [1.165, 1.54) is 0 Å². The molecule has 2 N–H and O–H groups in total. The van der Waals surface area contributed by atoms with Crippen molar-refractivity contribution in [3.63, 3.8) is 0 Å². The molecule has 1 aromatic carbocycles. The minimum Gasteiger partial charge on any atom is -0.375 e. The van der Waals surface area contributed by atoms with Gasteiger partial charge >= 0.3 is 0 Å². The van der Waals surface area contributed by atoms with E-state index in [2.05, 4.69) is 10.6 Å². The molecule has 1 amide bonds. The van der Waals surface area contributed by atoms with Crippen molar-refractivity contribution in [3.8, 4) is 0 Å². The van der Waals surface area contributed by atoms with Gasteiger partial charge in [-0.15, -0.1) is 0 Å². The lowest BCUT2D eigenvalue weighted by Gasteiger charge is -2.17. The molecule has 0 radical (unpaired) electrons. The molecule has 0 spiro atoms. The molecular weight excluding hydrogens is 240 g/mol. The van der Waals surface area contributed by atoms with Gasteiger partial charge in [-0.2, -0.15) is 0 Å². The van der Waals surface area contributed by atoms with Crippen LogP contribution < -0.4 is 10.6 Å². The van der Waals surface area contributed by atoms with E-state index >= 15 is 0 Å². The molecule has 2 unspecified atom stereocenters. The van der Waals surface area contributed by atoms with Gasteiger partial charge in [-0.1, -0.05) is 37.3 Å². The molecule has 1 aromatic rings. The van der Waals surface area contributed by atoms with Gasteiger partial charge in [0.05, 0.1) is 13.2 Å². The Hall–Kier alpha value is -1.39. The second kappa shape index (κ2) is 8.67. The van der Waals surface area contributed by atoms with Gasteiger partial charge in [0.15, 0.2) is 0 Å². The summed E-state index contributed by atoms with van der Waals surface area (Å²) in [6.45, 7) is 5.64. The van der Waals surface area contributed by atoms with E-state index in [-0.39, 0.29) is 17.9 Å². The number of carbonyl (C=O) groups excluding carboxylic acids is 1. The SMILES string of the molecule is CNCC(C)C(=O)NC(C)COCc1ccccc1. The van der Waals surface area contributed by atoms with Crippen LogP contribution in [0.2, 0.25) is 0 Å². The molecule has 4 nitrogen and oxygen atoms in total. The molecule has 2 atom stereocenters. The molecule has 0 saturated carbocycles. The summed E-state index contributed by atoms with van der Waals surface area (Å²) >= 11 is 0. The molecule has 0 saturated heterocycles. The van der Waals surface area contributed by atoms with Crippen molar-refractivity contribution < 1.29 is 9.53 Å². The van der Waals surface area contributed by atoms with Crippen LogP contribution in [0.3, 0.4) is 0 Å². The largest absolute Gasteiger partial charge is 0.375 e. The van der Waals surface area contributed by atoms with Gasteiger partial charge in [-0.3, -0.25) is 4.79 Å². The van der Waals surface area contributed by atoms with Gasteiger partial charge in [-0.05, 0) is 19.5 Å². The van der Waals surface area contributed by atoms with E-state index < -0.39 is 0 Å². The summed E-state index contributed by atoms with van der Waals surface area (Å²) < 4.78 is 5.59. The molecule has 0 aliphatic carbocycles. The van der Waals surface area contributed by atoms with Gasteiger partial charge in [-0.25, -0.2) is 0 Å². The second-order valence-electron chi connectivity index (χ2n) is 4.87. The third-order valence-electron chi connectivity index (χ3n) is 2.83. The van der Waals surface area contributed by atoms with Gasteiger partial charge in [0.1, 0.15) is 0 Å². The Kier molecular flexibility index (Phi) is 7.15. The quantitative estimate of drug-likeness (QED) is 0.749. The molecule has 19 heavy (non-hydrogen) atoms. The molecule has 0 fully saturated rings. The van der Waals surface area contributed by atoms with Crippen molar-refractivity contribution in [2.45, 2.75) is 26.5 Å². The minimum atomic E-state index is -0.0263. The van der Waals surface area contributed by atoms with Crippen LogP contribution in [0.25, 0.3) is 0 Å². The third-order valence-corrected chi connectivity index (χ3v) is 2.83. The van der Waals surface area contributed by atoms with Crippen molar-refractivity contribution in [2.24, 2.45) is 5.92 Å². The summed E-state index contributed by atoms with van der Waals surface area (Å²) in [4.78, 5) is 11.8. The fraction of sp³-hybridized carbons (Fsp3) is 0.533. The van der Waals surface area contributed by atoms with Crippen LogP contribution in [0, 0.1) is 5.92 Å². The lowest BCUT2D eigenvalue weighted by molar-refractivity contribution is -0.125. The van der Waals surface area contributed by atoms with E-state index in [9.17, 15) is 4.79 Å². The monoisotopic (exact) mass is 264 g/mol. The molecule has 0 aliphatic heterocycles. The van der Waals surface area contributed by atoms with Crippen molar-refractivity contribution in [1.82, 2.24) is 10.6 Å². The third kappa shape index (κ3) is 6.36. The van der Waals surface area contributed by atoms with E-state index in [1.807, 2.05) is 51.2 Å². The Morgan fingerprint density at radius 2 is 1.95 bits per heavy atom. The van der Waals surface area contributed by atoms with Crippen molar-refractivity contribution in [2.75, 3.05) is 20.2 Å². The van der Waals surface area contributed by atoms with Crippen LogP contribution in [0.15, 0.2) is 30.3 Å². The molecule has 106 valence electrons.